The number of benzene rings is 1. The fraction of sp³-hybridized carbons (Fsp3) is 0.350. The van der Waals surface area contributed by atoms with Gasteiger partial charge in [0.05, 0.1) is 29.4 Å². The van der Waals surface area contributed by atoms with Gasteiger partial charge < -0.3 is 21.5 Å². The second kappa shape index (κ2) is 8.58. The van der Waals surface area contributed by atoms with Crippen LogP contribution in [0.3, 0.4) is 0 Å². The Balaban J connectivity index is 0.00000132. The number of thiophene rings is 1. The fourth-order valence-corrected chi connectivity index (χ4v) is 3.91. The molecule has 166 valence electrons. The number of carbonyl (C=O) groups excluding carboxylic acids is 1. The van der Waals surface area contributed by atoms with Crippen LogP contribution in [-0.2, 0) is 6.18 Å². The quantitative estimate of drug-likeness (QED) is 0.517. The van der Waals surface area contributed by atoms with Crippen LogP contribution in [-0.4, -0.2) is 29.0 Å². The maximum atomic E-state index is 13.2. The van der Waals surface area contributed by atoms with Gasteiger partial charge in [-0.15, -0.1) is 11.3 Å². The van der Waals surface area contributed by atoms with Gasteiger partial charge in [-0.1, -0.05) is 19.9 Å². The molecule has 0 atom stereocenters. The molecule has 0 aliphatic heterocycles. The number of nitrogen functional groups attached to an aromatic ring is 1. The van der Waals surface area contributed by atoms with Crippen molar-refractivity contribution in [2.75, 3.05) is 18.2 Å². The van der Waals surface area contributed by atoms with E-state index in [0.29, 0.717) is 27.4 Å². The molecule has 31 heavy (non-hydrogen) atoms. The molecular formula is C20H22F3N5O2S. The van der Waals surface area contributed by atoms with E-state index in [0.717, 1.165) is 37.4 Å². The van der Waals surface area contributed by atoms with Gasteiger partial charge in [-0.05, 0) is 25.0 Å². The average Bonchev–Trinajstić information content (AvgIpc) is 3.48. The summed E-state index contributed by atoms with van der Waals surface area (Å²) in [6.45, 7) is 4.00. The summed E-state index contributed by atoms with van der Waals surface area (Å²) in [7, 11) is 1.16. The summed E-state index contributed by atoms with van der Waals surface area (Å²) in [4.78, 5) is 21.1. The number of rotatable bonds is 5. The Kier molecular flexibility index (Phi) is 6.25. The molecule has 1 fully saturated rings. The number of ether oxygens (including phenoxy) is 1. The second-order valence-electron chi connectivity index (χ2n) is 6.62. The van der Waals surface area contributed by atoms with Crippen LogP contribution in [0.1, 0.15) is 41.9 Å². The van der Waals surface area contributed by atoms with E-state index < -0.39 is 17.6 Å². The molecular weight excluding hydrogens is 431 g/mol. The van der Waals surface area contributed by atoms with Crippen molar-refractivity contribution in [3.05, 3.63) is 28.6 Å². The van der Waals surface area contributed by atoms with Crippen molar-refractivity contribution < 1.29 is 22.7 Å². The smallest absolute Gasteiger partial charge is 0.419 e. The number of methoxy groups -OCH3 is 1. The number of aromatic nitrogens is 2. The van der Waals surface area contributed by atoms with Gasteiger partial charge in [-0.3, -0.25) is 4.79 Å². The first-order chi connectivity index (χ1) is 14.7. The van der Waals surface area contributed by atoms with E-state index in [1.165, 1.54) is 12.1 Å². The van der Waals surface area contributed by atoms with Crippen molar-refractivity contribution in [3.63, 3.8) is 0 Å². The highest BCUT2D eigenvalue weighted by molar-refractivity contribution is 7.21. The van der Waals surface area contributed by atoms with Crippen molar-refractivity contribution in [1.82, 2.24) is 9.97 Å². The van der Waals surface area contributed by atoms with Gasteiger partial charge in [0.2, 0.25) is 5.95 Å². The first-order valence-electron chi connectivity index (χ1n) is 9.61. The molecule has 11 heteroatoms. The lowest BCUT2D eigenvalue weighted by Gasteiger charge is -2.14. The summed E-state index contributed by atoms with van der Waals surface area (Å²) in [5, 5.41) is 3.52. The highest BCUT2D eigenvalue weighted by atomic mass is 32.1. The number of fused-ring (bicyclic) bond motifs is 1. The molecule has 0 bridgehead atoms. The second-order valence-corrected chi connectivity index (χ2v) is 7.62. The minimum absolute atomic E-state index is 0.101. The number of nitrogens with zero attached hydrogens (tertiary/aromatic N) is 2. The number of nitrogens with two attached hydrogens (primary N) is 2. The Morgan fingerprint density at radius 3 is 2.48 bits per heavy atom. The van der Waals surface area contributed by atoms with Crippen molar-refractivity contribution in [3.8, 4) is 17.0 Å². The first-order valence-corrected chi connectivity index (χ1v) is 10.4. The number of halogens is 3. The average molecular weight is 453 g/mol. The third kappa shape index (κ3) is 4.50. The summed E-state index contributed by atoms with van der Waals surface area (Å²) in [6.07, 6.45) is -2.61. The zero-order valence-corrected chi connectivity index (χ0v) is 17.9. The normalized spacial score (nSPS) is 13.5. The fourth-order valence-electron chi connectivity index (χ4n) is 2.96. The third-order valence-corrected chi connectivity index (χ3v) is 5.62. The maximum absolute atomic E-state index is 13.2. The van der Waals surface area contributed by atoms with Crippen molar-refractivity contribution in [2.45, 2.75) is 38.9 Å². The van der Waals surface area contributed by atoms with Gasteiger partial charge in [0.15, 0.2) is 0 Å². The molecule has 1 saturated carbocycles. The first kappa shape index (κ1) is 22.6. The Hall–Kier alpha value is -3.08. The van der Waals surface area contributed by atoms with Crippen LogP contribution in [0.15, 0.2) is 18.2 Å². The molecule has 0 unspecified atom stereocenters. The van der Waals surface area contributed by atoms with Gasteiger partial charge in [0.25, 0.3) is 5.91 Å². The molecule has 2 aromatic heterocycles. The molecule has 0 radical (unpaired) electrons. The molecule has 4 rings (SSSR count). The lowest BCUT2D eigenvalue weighted by Crippen LogP contribution is -2.11. The maximum Gasteiger partial charge on any atom is 0.419 e. The lowest BCUT2D eigenvalue weighted by molar-refractivity contribution is -0.138. The molecule has 1 amide bonds. The number of primary amides is 1. The SMILES string of the molecule is CC.COc1cc(-c2nc(NC3CC3)nc3sc(C(N)=O)c(N)c23)ccc1C(F)(F)F. The number of anilines is 2. The predicted molar refractivity (Wildman–Crippen MR) is 115 cm³/mol. The van der Waals surface area contributed by atoms with E-state index in [9.17, 15) is 18.0 Å². The molecule has 0 spiro atoms. The number of hydrogen-bond acceptors (Lipinski definition) is 7. The largest absolute Gasteiger partial charge is 0.496 e. The van der Waals surface area contributed by atoms with E-state index in [4.69, 9.17) is 16.2 Å². The van der Waals surface area contributed by atoms with Gasteiger partial charge in [-0.2, -0.15) is 13.2 Å². The van der Waals surface area contributed by atoms with Crippen LogP contribution in [0.2, 0.25) is 0 Å². The number of carbonyl (C=O) groups is 1. The van der Waals surface area contributed by atoms with E-state index in [1.807, 2.05) is 13.8 Å². The Morgan fingerprint density at radius 1 is 1.26 bits per heavy atom. The van der Waals surface area contributed by atoms with Crippen LogP contribution in [0.5, 0.6) is 5.75 Å². The summed E-state index contributed by atoms with van der Waals surface area (Å²) < 4.78 is 44.6. The number of amides is 1. The molecule has 1 aromatic carbocycles. The Morgan fingerprint density at radius 2 is 1.94 bits per heavy atom. The van der Waals surface area contributed by atoms with E-state index in [1.54, 1.807) is 0 Å². The molecule has 7 nitrogen and oxygen atoms in total. The summed E-state index contributed by atoms with van der Waals surface area (Å²) >= 11 is 1.02. The summed E-state index contributed by atoms with van der Waals surface area (Å²) in [5.41, 5.74) is 11.3. The van der Waals surface area contributed by atoms with E-state index in [-0.39, 0.29) is 22.4 Å². The highest BCUT2D eigenvalue weighted by Crippen LogP contribution is 2.42. The van der Waals surface area contributed by atoms with Gasteiger partial charge in [0.1, 0.15) is 15.5 Å². The van der Waals surface area contributed by atoms with Gasteiger partial charge >= 0.3 is 6.18 Å². The summed E-state index contributed by atoms with van der Waals surface area (Å²) in [5.74, 6) is -0.744. The third-order valence-electron chi connectivity index (χ3n) is 4.50. The zero-order chi connectivity index (χ0) is 22.9. The number of alkyl halides is 3. The van der Waals surface area contributed by atoms with Crippen LogP contribution in [0, 0.1) is 0 Å². The van der Waals surface area contributed by atoms with Crippen molar-refractivity contribution in [1.29, 1.82) is 0 Å². The zero-order valence-electron chi connectivity index (χ0n) is 17.1. The Bertz CT molecular complexity index is 1130. The molecule has 2 heterocycles. The monoisotopic (exact) mass is 453 g/mol. The van der Waals surface area contributed by atoms with E-state index in [2.05, 4.69) is 15.3 Å². The molecule has 1 aliphatic rings. The predicted octanol–water partition coefficient (Wildman–Crippen LogP) is 4.67. The van der Waals surface area contributed by atoms with Crippen LogP contribution < -0.4 is 21.5 Å². The minimum Gasteiger partial charge on any atom is -0.496 e. The van der Waals surface area contributed by atoms with Gasteiger partial charge in [0, 0.05) is 11.6 Å². The highest BCUT2D eigenvalue weighted by Gasteiger charge is 2.34. The molecule has 3 aromatic rings. The van der Waals surface area contributed by atoms with Crippen LogP contribution >= 0.6 is 11.3 Å². The van der Waals surface area contributed by atoms with E-state index >= 15 is 0 Å². The van der Waals surface area contributed by atoms with Crippen LogP contribution in [0.25, 0.3) is 21.5 Å². The molecule has 1 aliphatic carbocycles. The minimum atomic E-state index is -4.57. The number of nitrogens with one attached hydrogen (secondary N) is 1. The van der Waals surface area contributed by atoms with Crippen molar-refractivity contribution in [2.24, 2.45) is 5.73 Å². The molecule has 5 N–H and O–H groups in total. The molecule has 0 saturated heterocycles. The lowest BCUT2D eigenvalue weighted by atomic mass is 10.0. The van der Waals surface area contributed by atoms with Gasteiger partial charge in [-0.25, -0.2) is 9.97 Å². The van der Waals surface area contributed by atoms with Crippen LogP contribution in [0.4, 0.5) is 24.8 Å². The standard InChI is InChI=1S/C18H16F3N5O2S.C2H6/c1-28-10-6-7(2-5-9(10)18(19,20)21)13-11-12(22)14(15(23)27)29-16(11)26-17(25-13)24-8-3-4-8;1-2/h2,5-6,8H,3-4,22H2,1H3,(H2,23,27)(H,24,25,26);1-2H3. The Labute approximate surface area is 180 Å². The topological polar surface area (TPSA) is 116 Å². The number of hydrogen-bond donors (Lipinski definition) is 3. The summed E-state index contributed by atoms with van der Waals surface area (Å²) in [6, 6.07) is 3.70. The van der Waals surface area contributed by atoms with Crippen molar-refractivity contribution >= 4 is 39.1 Å².